The molecule has 0 saturated heterocycles. The Morgan fingerprint density at radius 2 is 1.86 bits per heavy atom. The van der Waals surface area contributed by atoms with Crippen LogP contribution in [-0.4, -0.2) is 5.11 Å². The zero-order valence-electron chi connectivity index (χ0n) is 8.64. The fourth-order valence-corrected chi connectivity index (χ4v) is 1.11. The van der Waals surface area contributed by atoms with Crippen LogP contribution in [0.1, 0.15) is 25.5 Å². The second-order valence-corrected chi connectivity index (χ2v) is 3.48. The maximum absolute atomic E-state index is 9.72. The van der Waals surface area contributed by atoms with E-state index >= 15 is 0 Å². The van der Waals surface area contributed by atoms with Gasteiger partial charge in [-0.05, 0) is 19.4 Å². The summed E-state index contributed by atoms with van der Waals surface area (Å²) < 4.78 is 0. The maximum atomic E-state index is 9.72. The fraction of sp³-hybridized carbons (Fsp3) is 0.231. The standard InChI is InChI=1S/C13H16O/c1-11(2)7-6-10-13(14)12-8-4-3-5-9-12/h3-10,13-14H,1-2H3/b10-6-. The molecule has 14 heavy (non-hydrogen) atoms. The van der Waals surface area contributed by atoms with Crippen LogP contribution in [0.2, 0.25) is 0 Å². The lowest BCUT2D eigenvalue weighted by molar-refractivity contribution is 0.228. The molecule has 1 atom stereocenters. The number of hydrogen-bond acceptors (Lipinski definition) is 1. The molecule has 1 aromatic rings. The molecule has 0 amide bonds. The van der Waals surface area contributed by atoms with Crippen molar-refractivity contribution in [3.05, 3.63) is 59.7 Å². The first-order valence-electron chi connectivity index (χ1n) is 4.75. The molecule has 1 N–H and O–H groups in total. The van der Waals surface area contributed by atoms with Gasteiger partial charge < -0.3 is 5.11 Å². The van der Waals surface area contributed by atoms with Crippen LogP contribution in [0.5, 0.6) is 0 Å². The third-order valence-corrected chi connectivity index (χ3v) is 1.86. The van der Waals surface area contributed by atoms with Crippen LogP contribution in [0.3, 0.4) is 0 Å². The molecule has 0 aliphatic heterocycles. The second-order valence-electron chi connectivity index (χ2n) is 3.48. The Bertz CT molecular complexity index is 318. The van der Waals surface area contributed by atoms with E-state index in [1.807, 2.05) is 56.3 Å². The smallest absolute Gasteiger partial charge is 0.0974 e. The minimum atomic E-state index is -0.508. The minimum absolute atomic E-state index is 0.508. The number of hydrogen-bond donors (Lipinski definition) is 1. The summed E-state index contributed by atoms with van der Waals surface area (Å²) in [5.74, 6) is 0. The molecule has 0 saturated carbocycles. The summed E-state index contributed by atoms with van der Waals surface area (Å²) in [5, 5.41) is 9.72. The largest absolute Gasteiger partial charge is 0.384 e. The average Bonchev–Trinajstić information content (AvgIpc) is 2.18. The van der Waals surface area contributed by atoms with Crippen molar-refractivity contribution in [2.24, 2.45) is 0 Å². The Balaban J connectivity index is 2.64. The van der Waals surface area contributed by atoms with Gasteiger partial charge in [0.1, 0.15) is 0 Å². The van der Waals surface area contributed by atoms with E-state index in [0.717, 1.165) is 5.56 Å². The predicted octanol–water partition coefficient (Wildman–Crippen LogP) is 3.24. The molecule has 0 spiro atoms. The van der Waals surface area contributed by atoms with Gasteiger partial charge in [-0.1, -0.05) is 54.1 Å². The molecule has 0 aliphatic carbocycles. The van der Waals surface area contributed by atoms with Gasteiger partial charge in [0.25, 0.3) is 0 Å². The van der Waals surface area contributed by atoms with Crippen molar-refractivity contribution in [2.75, 3.05) is 0 Å². The van der Waals surface area contributed by atoms with Crippen molar-refractivity contribution in [3.8, 4) is 0 Å². The zero-order valence-corrected chi connectivity index (χ0v) is 8.64. The first kappa shape index (κ1) is 10.7. The van der Waals surface area contributed by atoms with E-state index in [9.17, 15) is 5.11 Å². The van der Waals surface area contributed by atoms with Crippen molar-refractivity contribution in [3.63, 3.8) is 0 Å². The van der Waals surface area contributed by atoms with E-state index in [-0.39, 0.29) is 0 Å². The quantitative estimate of drug-likeness (QED) is 0.722. The second kappa shape index (κ2) is 5.40. The van der Waals surface area contributed by atoms with Crippen LogP contribution in [0, 0.1) is 0 Å². The van der Waals surface area contributed by atoms with Gasteiger partial charge in [0, 0.05) is 0 Å². The topological polar surface area (TPSA) is 20.2 Å². The molecule has 0 aromatic heterocycles. The number of benzene rings is 1. The molecule has 0 heterocycles. The zero-order chi connectivity index (χ0) is 10.4. The van der Waals surface area contributed by atoms with Gasteiger partial charge in [-0.3, -0.25) is 0 Å². The van der Waals surface area contributed by atoms with Crippen LogP contribution < -0.4 is 0 Å². The monoisotopic (exact) mass is 188 g/mol. The maximum Gasteiger partial charge on any atom is 0.0974 e. The van der Waals surface area contributed by atoms with Crippen molar-refractivity contribution >= 4 is 0 Å². The van der Waals surface area contributed by atoms with Gasteiger partial charge in [-0.15, -0.1) is 0 Å². The summed E-state index contributed by atoms with van der Waals surface area (Å²) in [6, 6.07) is 9.62. The summed E-state index contributed by atoms with van der Waals surface area (Å²) in [7, 11) is 0. The normalized spacial score (nSPS) is 12.8. The Morgan fingerprint density at radius 3 is 2.43 bits per heavy atom. The van der Waals surface area contributed by atoms with Crippen LogP contribution >= 0.6 is 0 Å². The van der Waals surface area contributed by atoms with Crippen LogP contribution in [0.25, 0.3) is 0 Å². The van der Waals surface area contributed by atoms with Gasteiger partial charge in [-0.2, -0.15) is 0 Å². The summed E-state index contributed by atoms with van der Waals surface area (Å²) in [4.78, 5) is 0. The predicted molar refractivity (Wildman–Crippen MR) is 60.0 cm³/mol. The molecule has 0 radical (unpaired) electrons. The third kappa shape index (κ3) is 3.58. The van der Waals surface area contributed by atoms with Crippen LogP contribution in [0.15, 0.2) is 54.1 Å². The third-order valence-electron chi connectivity index (χ3n) is 1.86. The van der Waals surface area contributed by atoms with Crippen molar-refractivity contribution < 1.29 is 5.11 Å². The summed E-state index contributed by atoms with van der Waals surface area (Å²) in [5.41, 5.74) is 2.15. The van der Waals surface area contributed by atoms with Crippen LogP contribution in [0.4, 0.5) is 0 Å². The summed E-state index contributed by atoms with van der Waals surface area (Å²) in [6.45, 7) is 4.05. The minimum Gasteiger partial charge on any atom is -0.384 e. The molecule has 0 bridgehead atoms. The highest BCUT2D eigenvalue weighted by atomic mass is 16.3. The van der Waals surface area contributed by atoms with Gasteiger partial charge in [0.15, 0.2) is 0 Å². The Kier molecular flexibility index (Phi) is 4.14. The first-order valence-corrected chi connectivity index (χ1v) is 4.75. The summed E-state index contributed by atoms with van der Waals surface area (Å²) >= 11 is 0. The SMILES string of the molecule is CC(C)=C/C=C\C(O)c1ccccc1. The molecule has 74 valence electrons. The molecule has 1 nitrogen and oxygen atoms in total. The van der Waals surface area contributed by atoms with Crippen molar-refractivity contribution in [1.82, 2.24) is 0 Å². The number of allylic oxidation sites excluding steroid dienone is 3. The molecular weight excluding hydrogens is 172 g/mol. The van der Waals surface area contributed by atoms with E-state index in [2.05, 4.69) is 0 Å². The number of aliphatic hydroxyl groups excluding tert-OH is 1. The van der Waals surface area contributed by atoms with Crippen molar-refractivity contribution in [2.45, 2.75) is 20.0 Å². The highest BCUT2D eigenvalue weighted by Gasteiger charge is 1.99. The van der Waals surface area contributed by atoms with Gasteiger partial charge >= 0.3 is 0 Å². The van der Waals surface area contributed by atoms with E-state index in [4.69, 9.17) is 0 Å². The Hall–Kier alpha value is -1.34. The number of aliphatic hydroxyl groups is 1. The van der Waals surface area contributed by atoms with E-state index < -0.39 is 6.10 Å². The molecule has 1 heteroatoms. The van der Waals surface area contributed by atoms with Crippen molar-refractivity contribution in [1.29, 1.82) is 0 Å². The average molecular weight is 188 g/mol. The lowest BCUT2D eigenvalue weighted by Gasteiger charge is -2.03. The highest BCUT2D eigenvalue weighted by Crippen LogP contribution is 2.13. The first-order chi connectivity index (χ1) is 6.70. The lowest BCUT2D eigenvalue weighted by Crippen LogP contribution is -1.91. The Labute approximate surface area is 85.4 Å². The molecule has 1 rings (SSSR count). The van der Waals surface area contributed by atoms with E-state index in [1.165, 1.54) is 5.57 Å². The summed E-state index contributed by atoms with van der Waals surface area (Å²) in [6.07, 6.45) is 5.13. The van der Waals surface area contributed by atoms with E-state index in [0.29, 0.717) is 0 Å². The van der Waals surface area contributed by atoms with Gasteiger partial charge in [-0.25, -0.2) is 0 Å². The molecule has 1 unspecified atom stereocenters. The molecule has 1 aromatic carbocycles. The number of rotatable bonds is 3. The van der Waals surface area contributed by atoms with Crippen LogP contribution in [-0.2, 0) is 0 Å². The van der Waals surface area contributed by atoms with E-state index in [1.54, 1.807) is 6.08 Å². The Morgan fingerprint density at radius 1 is 1.21 bits per heavy atom. The highest BCUT2D eigenvalue weighted by molar-refractivity contribution is 5.22. The fourth-order valence-electron chi connectivity index (χ4n) is 1.11. The van der Waals surface area contributed by atoms with Gasteiger partial charge in [0.05, 0.1) is 6.10 Å². The molecule has 0 fully saturated rings. The lowest BCUT2D eigenvalue weighted by atomic mass is 10.1. The molecule has 0 aliphatic rings. The van der Waals surface area contributed by atoms with Gasteiger partial charge in [0.2, 0.25) is 0 Å². The molecular formula is C13H16O.